The molecule has 2 unspecified atom stereocenters. The quantitative estimate of drug-likeness (QED) is 0.668. The summed E-state index contributed by atoms with van der Waals surface area (Å²) in [6.45, 7) is 3.62. The number of aromatic nitrogens is 2. The van der Waals surface area contributed by atoms with Crippen LogP contribution in [0, 0.1) is 0 Å². The van der Waals surface area contributed by atoms with Crippen LogP contribution >= 0.6 is 11.5 Å². The molecular weight excluding hydrogens is 398 g/mol. The van der Waals surface area contributed by atoms with Gasteiger partial charge in [0.1, 0.15) is 0 Å². The van der Waals surface area contributed by atoms with E-state index in [9.17, 15) is 9.59 Å². The van der Waals surface area contributed by atoms with Gasteiger partial charge in [0.25, 0.3) is 5.91 Å². The number of nitrogens with one attached hydrogen (secondary N) is 2. The van der Waals surface area contributed by atoms with Crippen molar-refractivity contribution in [2.75, 3.05) is 17.3 Å². The molecule has 4 rings (SSSR count). The number of hydrogen-bond acceptors (Lipinski definition) is 6. The molecule has 2 amide bonds. The number of hydrogen-bond donors (Lipinski definition) is 2. The Hall–Kier alpha value is -3.26. The van der Waals surface area contributed by atoms with E-state index in [1.807, 2.05) is 43.3 Å². The fraction of sp³-hybridized carbons (Fsp3) is 0.273. The molecule has 0 fully saturated rings. The molecule has 0 spiro atoms. The van der Waals surface area contributed by atoms with Crippen LogP contribution in [0.2, 0.25) is 0 Å². The van der Waals surface area contributed by atoms with Gasteiger partial charge in [0.2, 0.25) is 5.91 Å². The first-order valence-electron chi connectivity index (χ1n) is 9.78. The van der Waals surface area contributed by atoms with Gasteiger partial charge in [-0.2, -0.15) is 0 Å². The zero-order valence-electron chi connectivity index (χ0n) is 17.0. The fourth-order valence-corrected chi connectivity index (χ4v) is 4.51. The van der Waals surface area contributed by atoms with E-state index in [1.165, 1.54) is 11.5 Å². The minimum atomic E-state index is -0.146. The van der Waals surface area contributed by atoms with Crippen molar-refractivity contribution in [3.05, 3.63) is 59.8 Å². The van der Waals surface area contributed by atoms with Gasteiger partial charge in [0.05, 0.1) is 17.1 Å². The first kappa shape index (κ1) is 20.0. The summed E-state index contributed by atoms with van der Waals surface area (Å²) in [4.78, 5) is 27.3. The molecule has 0 saturated heterocycles. The van der Waals surface area contributed by atoms with Crippen molar-refractivity contribution in [2.24, 2.45) is 0 Å². The molecule has 3 aromatic rings. The summed E-state index contributed by atoms with van der Waals surface area (Å²) in [5.41, 5.74) is 4.41. The molecule has 7 nitrogen and oxygen atoms in total. The first-order chi connectivity index (χ1) is 14.5. The lowest BCUT2D eigenvalue weighted by Gasteiger charge is -2.39. The molecule has 1 aliphatic rings. The predicted octanol–water partition coefficient (Wildman–Crippen LogP) is 3.86. The molecule has 2 aromatic carbocycles. The molecular formula is C22H23N5O2S. The Kier molecular flexibility index (Phi) is 5.50. The van der Waals surface area contributed by atoms with Gasteiger partial charge >= 0.3 is 0 Å². The molecule has 30 heavy (non-hydrogen) atoms. The third kappa shape index (κ3) is 3.78. The van der Waals surface area contributed by atoms with E-state index in [0.29, 0.717) is 5.56 Å². The van der Waals surface area contributed by atoms with Crippen LogP contribution in [0.15, 0.2) is 48.7 Å². The standard InChI is InChI=1S/C22H23N5O2S/c1-13-10-19(25-17-7-4-15(5-8-17)21-12-24-26-30-21)18-11-16(22(29)23-3)6-9-20(18)27(13)14(2)28/h4-9,11-13,19,25H,10H2,1-3H3,(H,23,29). The summed E-state index contributed by atoms with van der Waals surface area (Å²) in [6, 6.07) is 13.7. The van der Waals surface area contributed by atoms with Crippen LogP contribution in [0.4, 0.5) is 11.4 Å². The van der Waals surface area contributed by atoms with Gasteiger partial charge in [-0.15, -0.1) is 5.10 Å². The van der Waals surface area contributed by atoms with Crippen molar-refractivity contribution in [2.45, 2.75) is 32.4 Å². The Morgan fingerprint density at radius 3 is 2.57 bits per heavy atom. The molecule has 2 heterocycles. The van der Waals surface area contributed by atoms with E-state index in [1.54, 1.807) is 31.1 Å². The normalized spacial score (nSPS) is 17.9. The maximum Gasteiger partial charge on any atom is 0.251 e. The van der Waals surface area contributed by atoms with Crippen LogP contribution in [-0.4, -0.2) is 34.5 Å². The highest BCUT2D eigenvalue weighted by atomic mass is 32.1. The van der Waals surface area contributed by atoms with Crippen LogP contribution in [-0.2, 0) is 4.79 Å². The van der Waals surface area contributed by atoms with E-state index in [2.05, 4.69) is 20.2 Å². The monoisotopic (exact) mass is 421 g/mol. The van der Waals surface area contributed by atoms with Crippen molar-refractivity contribution >= 4 is 34.7 Å². The molecule has 1 aromatic heterocycles. The highest BCUT2D eigenvalue weighted by Crippen LogP contribution is 2.40. The number of rotatable bonds is 4. The van der Waals surface area contributed by atoms with Crippen molar-refractivity contribution in [3.63, 3.8) is 0 Å². The van der Waals surface area contributed by atoms with E-state index in [0.717, 1.165) is 33.8 Å². The largest absolute Gasteiger partial charge is 0.378 e. The second-order valence-electron chi connectivity index (χ2n) is 7.38. The molecule has 0 bridgehead atoms. The maximum atomic E-state index is 12.3. The van der Waals surface area contributed by atoms with E-state index in [4.69, 9.17) is 0 Å². The number of fused-ring (bicyclic) bond motifs is 1. The minimum Gasteiger partial charge on any atom is -0.378 e. The zero-order chi connectivity index (χ0) is 21.3. The third-order valence-corrected chi connectivity index (χ3v) is 6.09. The van der Waals surface area contributed by atoms with Crippen LogP contribution in [0.5, 0.6) is 0 Å². The summed E-state index contributed by atoms with van der Waals surface area (Å²) in [5, 5.41) is 10.1. The number of benzene rings is 2. The smallest absolute Gasteiger partial charge is 0.251 e. The number of amides is 2. The number of anilines is 2. The summed E-state index contributed by atoms with van der Waals surface area (Å²) in [6.07, 6.45) is 2.49. The topological polar surface area (TPSA) is 87.2 Å². The number of carbonyl (C=O) groups is 2. The Balaban J connectivity index is 1.67. The molecule has 2 atom stereocenters. The van der Waals surface area contributed by atoms with Gasteiger partial charge in [-0.25, -0.2) is 0 Å². The lowest BCUT2D eigenvalue weighted by atomic mass is 9.90. The Morgan fingerprint density at radius 1 is 1.17 bits per heavy atom. The Morgan fingerprint density at radius 2 is 1.93 bits per heavy atom. The molecule has 0 radical (unpaired) electrons. The zero-order valence-corrected chi connectivity index (χ0v) is 17.9. The van der Waals surface area contributed by atoms with Crippen LogP contribution in [0.3, 0.4) is 0 Å². The highest BCUT2D eigenvalue weighted by Gasteiger charge is 2.33. The summed E-state index contributed by atoms with van der Waals surface area (Å²) < 4.78 is 3.91. The van der Waals surface area contributed by atoms with Crippen LogP contribution in [0.25, 0.3) is 10.4 Å². The Bertz CT molecular complexity index is 1070. The van der Waals surface area contributed by atoms with Gasteiger partial charge in [-0.3, -0.25) is 9.59 Å². The number of carbonyl (C=O) groups excluding carboxylic acids is 2. The van der Waals surface area contributed by atoms with E-state index >= 15 is 0 Å². The average Bonchev–Trinajstić information content (AvgIpc) is 3.28. The lowest BCUT2D eigenvalue weighted by Crippen LogP contribution is -2.43. The van der Waals surface area contributed by atoms with Crippen LogP contribution < -0.4 is 15.5 Å². The molecule has 0 aliphatic carbocycles. The highest BCUT2D eigenvalue weighted by molar-refractivity contribution is 7.09. The predicted molar refractivity (Wildman–Crippen MR) is 119 cm³/mol. The lowest BCUT2D eigenvalue weighted by molar-refractivity contribution is -0.117. The van der Waals surface area contributed by atoms with Crippen molar-refractivity contribution in [3.8, 4) is 10.4 Å². The van der Waals surface area contributed by atoms with Gasteiger partial charge < -0.3 is 15.5 Å². The summed E-state index contributed by atoms with van der Waals surface area (Å²) >= 11 is 1.36. The second-order valence-corrected chi connectivity index (χ2v) is 8.17. The Labute approximate surface area is 179 Å². The molecule has 8 heteroatoms. The van der Waals surface area contributed by atoms with Gasteiger partial charge in [-0.1, -0.05) is 16.6 Å². The summed E-state index contributed by atoms with van der Waals surface area (Å²) in [7, 11) is 1.61. The van der Waals surface area contributed by atoms with Gasteiger partial charge in [0.15, 0.2) is 0 Å². The molecule has 1 aliphatic heterocycles. The third-order valence-electron chi connectivity index (χ3n) is 5.38. The van der Waals surface area contributed by atoms with Crippen molar-refractivity contribution in [1.29, 1.82) is 0 Å². The molecule has 2 N–H and O–H groups in total. The fourth-order valence-electron chi connectivity index (χ4n) is 3.99. The molecule has 0 saturated carbocycles. The van der Waals surface area contributed by atoms with Gasteiger partial charge in [0, 0.05) is 37.0 Å². The van der Waals surface area contributed by atoms with Crippen molar-refractivity contribution in [1.82, 2.24) is 14.9 Å². The van der Waals surface area contributed by atoms with E-state index < -0.39 is 0 Å². The number of nitrogens with zero attached hydrogens (tertiary/aromatic N) is 3. The maximum absolute atomic E-state index is 12.3. The average molecular weight is 422 g/mol. The van der Waals surface area contributed by atoms with Crippen molar-refractivity contribution < 1.29 is 9.59 Å². The SMILES string of the molecule is CNC(=O)c1ccc2c(c1)C(Nc1ccc(-c3cnns3)cc1)CC(C)N2C(C)=O. The first-order valence-corrected chi connectivity index (χ1v) is 10.6. The summed E-state index contributed by atoms with van der Waals surface area (Å²) in [5.74, 6) is -0.149. The van der Waals surface area contributed by atoms with Crippen LogP contribution in [0.1, 0.15) is 42.2 Å². The molecule has 154 valence electrons. The van der Waals surface area contributed by atoms with E-state index in [-0.39, 0.29) is 23.9 Å². The second kappa shape index (κ2) is 8.23. The minimum absolute atomic E-state index is 0.00240. The van der Waals surface area contributed by atoms with Gasteiger partial charge in [-0.05, 0) is 66.3 Å².